The molecule has 0 fully saturated rings. The van der Waals surface area contributed by atoms with Crippen molar-refractivity contribution in [1.82, 2.24) is 19.8 Å². The number of hydrogen-bond donors (Lipinski definition) is 2. The van der Waals surface area contributed by atoms with E-state index in [1.54, 1.807) is 23.2 Å². The van der Waals surface area contributed by atoms with E-state index in [0.717, 1.165) is 42.8 Å². The number of likely N-dealkylation sites (N-methyl/N-ethyl adjacent to an activating group) is 1. The van der Waals surface area contributed by atoms with E-state index in [9.17, 15) is 24.6 Å². The predicted octanol–water partition coefficient (Wildman–Crippen LogP) is 3.54. The number of carbonyl (C=O) groups is 3. The summed E-state index contributed by atoms with van der Waals surface area (Å²) in [5, 5.41) is 22.3. The third-order valence-electron chi connectivity index (χ3n) is 6.66. The third-order valence-corrected chi connectivity index (χ3v) is 6.66. The highest BCUT2D eigenvalue weighted by Gasteiger charge is 2.39. The fourth-order valence-electron chi connectivity index (χ4n) is 4.58. The number of benzene rings is 2. The Morgan fingerprint density at radius 2 is 1.53 bits per heavy atom. The molecule has 1 atom stereocenters. The van der Waals surface area contributed by atoms with Gasteiger partial charge in [0.05, 0.1) is 18.7 Å². The molecule has 1 heterocycles. The van der Waals surface area contributed by atoms with E-state index in [2.05, 4.69) is 18.7 Å². The quantitative estimate of drug-likeness (QED) is 0.387. The molecular formula is C29H36N4O5. The molecule has 0 aliphatic carbocycles. The molecule has 2 aromatic rings. The minimum Gasteiger partial charge on any atom is -0.478 e. The van der Waals surface area contributed by atoms with Crippen LogP contribution in [0, 0.1) is 0 Å². The molecule has 0 aromatic heterocycles. The monoisotopic (exact) mass is 520 g/mol. The summed E-state index contributed by atoms with van der Waals surface area (Å²) in [5.41, 5.74) is 1.99. The molecule has 1 aliphatic rings. The Balaban J connectivity index is 1.99. The van der Waals surface area contributed by atoms with Gasteiger partial charge in [-0.3, -0.25) is 9.80 Å². The fourth-order valence-corrected chi connectivity index (χ4v) is 4.58. The highest BCUT2D eigenvalue weighted by molar-refractivity contribution is 5.95. The smallest absolute Gasteiger partial charge is 0.354 e. The van der Waals surface area contributed by atoms with Gasteiger partial charge < -0.3 is 20.0 Å². The molecule has 9 nitrogen and oxygen atoms in total. The number of rotatable bonds is 13. The molecule has 1 unspecified atom stereocenters. The Bertz CT molecular complexity index is 1160. The van der Waals surface area contributed by atoms with Crippen LogP contribution >= 0.6 is 0 Å². The summed E-state index contributed by atoms with van der Waals surface area (Å²) in [7, 11) is 1.74. The Hall–Kier alpha value is -3.95. The topological polar surface area (TPSA) is 105 Å². The summed E-state index contributed by atoms with van der Waals surface area (Å²) in [6.07, 6.45) is 3.08. The number of amides is 1. The Morgan fingerprint density at radius 3 is 2.08 bits per heavy atom. The van der Waals surface area contributed by atoms with Crippen molar-refractivity contribution in [2.24, 2.45) is 0 Å². The lowest BCUT2D eigenvalue weighted by molar-refractivity contribution is -0.141. The standard InChI is InChI=1S/C29H36N4O5/c1-4-31(5-2)18-12-17-30(3)26(34)21-33-28(23-15-10-7-11-16-23)24(22-13-8-6-9-14-22)20-32(33)25(29(37)38)19-27(35)36/h6-11,13-16,19-20,28H,4-5,12,17-18,21H2,1-3H3,(H,35,36)(H,37,38). The van der Waals surface area contributed by atoms with Gasteiger partial charge in [-0.25, -0.2) is 9.59 Å². The molecule has 38 heavy (non-hydrogen) atoms. The number of aliphatic carboxylic acids is 2. The number of hydrogen-bond acceptors (Lipinski definition) is 6. The van der Waals surface area contributed by atoms with E-state index in [1.807, 2.05) is 60.7 Å². The van der Waals surface area contributed by atoms with Crippen molar-refractivity contribution >= 4 is 23.4 Å². The van der Waals surface area contributed by atoms with Crippen molar-refractivity contribution in [2.75, 3.05) is 39.8 Å². The lowest BCUT2D eigenvalue weighted by Gasteiger charge is -2.35. The van der Waals surface area contributed by atoms with Crippen molar-refractivity contribution in [3.8, 4) is 0 Å². The van der Waals surface area contributed by atoms with Gasteiger partial charge in [-0.05, 0) is 37.2 Å². The minimum absolute atomic E-state index is 0.140. The molecular weight excluding hydrogens is 484 g/mol. The summed E-state index contributed by atoms with van der Waals surface area (Å²) >= 11 is 0. The Labute approximate surface area is 223 Å². The van der Waals surface area contributed by atoms with Crippen molar-refractivity contribution in [3.63, 3.8) is 0 Å². The maximum atomic E-state index is 13.4. The van der Waals surface area contributed by atoms with Crippen LogP contribution in [0.3, 0.4) is 0 Å². The van der Waals surface area contributed by atoms with Crippen LogP contribution in [0.25, 0.3) is 5.57 Å². The molecule has 2 aromatic carbocycles. The van der Waals surface area contributed by atoms with Gasteiger partial charge in [-0.1, -0.05) is 74.5 Å². The van der Waals surface area contributed by atoms with E-state index in [4.69, 9.17) is 0 Å². The predicted molar refractivity (Wildman–Crippen MR) is 146 cm³/mol. The van der Waals surface area contributed by atoms with Crippen LogP contribution in [0.5, 0.6) is 0 Å². The molecule has 0 radical (unpaired) electrons. The largest absolute Gasteiger partial charge is 0.478 e. The first-order valence-electron chi connectivity index (χ1n) is 12.8. The lowest BCUT2D eigenvalue weighted by Crippen LogP contribution is -2.46. The number of nitrogens with zero attached hydrogens (tertiary/aromatic N) is 4. The summed E-state index contributed by atoms with van der Waals surface area (Å²) in [5.74, 6) is -2.99. The van der Waals surface area contributed by atoms with E-state index in [0.29, 0.717) is 12.6 Å². The van der Waals surface area contributed by atoms with E-state index in [-0.39, 0.29) is 12.5 Å². The maximum absolute atomic E-state index is 13.4. The minimum atomic E-state index is -1.41. The van der Waals surface area contributed by atoms with Crippen molar-refractivity contribution in [1.29, 1.82) is 0 Å². The number of carbonyl (C=O) groups excluding carboxylic acids is 1. The molecule has 0 saturated heterocycles. The molecule has 202 valence electrons. The zero-order valence-electron chi connectivity index (χ0n) is 22.2. The van der Waals surface area contributed by atoms with Crippen LogP contribution < -0.4 is 0 Å². The van der Waals surface area contributed by atoms with Crippen LogP contribution in [0.2, 0.25) is 0 Å². The first kappa shape index (κ1) is 28.6. The number of carboxylic acids is 2. The molecule has 2 N–H and O–H groups in total. The first-order chi connectivity index (χ1) is 18.3. The first-order valence-corrected chi connectivity index (χ1v) is 12.8. The molecule has 0 spiro atoms. The molecule has 3 rings (SSSR count). The second-order valence-electron chi connectivity index (χ2n) is 9.07. The lowest BCUT2D eigenvalue weighted by atomic mass is 9.94. The van der Waals surface area contributed by atoms with Gasteiger partial charge in [-0.15, -0.1) is 0 Å². The van der Waals surface area contributed by atoms with Crippen molar-refractivity contribution in [2.45, 2.75) is 26.3 Å². The van der Waals surface area contributed by atoms with Crippen LogP contribution in [-0.4, -0.2) is 87.6 Å². The highest BCUT2D eigenvalue weighted by Crippen LogP contribution is 2.43. The van der Waals surface area contributed by atoms with E-state index in [1.165, 1.54) is 5.01 Å². The zero-order valence-corrected chi connectivity index (χ0v) is 22.2. The molecule has 0 bridgehead atoms. The van der Waals surface area contributed by atoms with Gasteiger partial charge >= 0.3 is 11.9 Å². The molecule has 9 heteroatoms. The van der Waals surface area contributed by atoms with Crippen molar-refractivity contribution < 1.29 is 24.6 Å². The van der Waals surface area contributed by atoms with Gasteiger partial charge in [0, 0.05) is 25.4 Å². The van der Waals surface area contributed by atoms with Crippen LogP contribution in [0.4, 0.5) is 0 Å². The second-order valence-corrected chi connectivity index (χ2v) is 9.07. The Kier molecular flexibility index (Phi) is 10.2. The van der Waals surface area contributed by atoms with Gasteiger partial charge in [-0.2, -0.15) is 5.01 Å². The summed E-state index contributed by atoms with van der Waals surface area (Å²) in [4.78, 5) is 41.1. The average molecular weight is 521 g/mol. The number of carboxylic acid groups (broad SMARTS) is 2. The number of hydrazine groups is 1. The van der Waals surface area contributed by atoms with E-state index >= 15 is 0 Å². The third kappa shape index (κ3) is 7.08. The van der Waals surface area contributed by atoms with Gasteiger partial charge in [0.2, 0.25) is 5.91 Å². The maximum Gasteiger partial charge on any atom is 0.354 e. The van der Waals surface area contributed by atoms with Gasteiger partial charge in [0.15, 0.2) is 0 Å². The van der Waals surface area contributed by atoms with Crippen LogP contribution in [0.15, 0.2) is 78.6 Å². The fraction of sp³-hybridized carbons (Fsp3) is 0.345. The molecule has 1 amide bonds. The molecule has 0 saturated carbocycles. The van der Waals surface area contributed by atoms with Gasteiger partial charge in [0.25, 0.3) is 0 Å². The summed E-state index contributed by atoms with van der Waals surface area (Å²) in [6.45, 7) is 7.37. The summed E-state index contributed by atoms with van der Waals surface area (Å²) < 4.78 is 0. The second kappa shape index (κ2) is 13.6. The highest BCUT2D eigenvalue weighted by atomic mass is 16.4. The van der Waals surface area contributed by atoms with Crippen LogP contribution in [0.1, 0.15) is 37.4 Å². The zero-order chi connectivity index (χ0) is 27.7. The molecule has 1 aliphatic heterocycles. The van der Waals surface area contributed by atoms with E-state index < -0.39 is 23.7 Å². The normalized spacial score (nSPS) is 16.0. The Morgan fingerprint density at radius 1 is 0.921 bits per heavy atom. The average Bonchev–Trinajstić information content (AvgIpc) is 3.28. The van der Waals surface area contributed by atoms with Crippen LogP contribution in [-0.2, 0) is 14.4 Å². The summed E-state index contributed by atoms with van der Waals surface area (Å²) in [6, 6.07) is 18.4. The van der Waals surface area contributed by atoms with Gasteiger partial charge in [0.1, 0.15) is 5.70 Å². The van der Waals surface area contributed by atoms with Crippen molar-refractivity contribution in [3.05, 3.63) is 89.8 Å². The SMILES string of the molecule is CCN(CC)CCCN(C)C(=O)CN1C(c2ccccc2)C(c2ccccc2)=CN1C(=CC(=O)O)C(=O)O.